The zero-order valence-electron chi connectivity index (χ0n) is 10.5. The fourth-order valence-electron chi connectivity index (χ4n) is 2.86. The molecule has 2 saturated heterocycles. The number of aromatic nitrogens is 2. The molecular formula is C11H18N4O2S. The predicted octanol–water partition coefficient (Wildman–Crippen LogP) is -0.111. The standard InChI is InChI=1S/C11H18N4O2S/c1-13-9-11(7-12-13)18(16,17)15-6-5-14-4-2-3-10(14)8-15/h7,9-10H,2-6,8H2,1H3. The first-order valence-electron chi connectivity index (χ1n) is 6.30. The number of rotatable bonds is 2. The largest absolute Gasteiger partial charge is 0.298 e. The monoisotopic (exact) mass is 270 g/mol. The summed E-state index contributed by atoms with van der Waals surface area (Å²) in [7, 11) is -1.63. The lowest BCUT2D eigenvalue weighted by molar-refractivity contribution is 0.158. The molecule has 0 N–H and O–H groups in total. The van der Waals surface area contributed by atoms with Crippen molar-refractivity contribution in [2.45, 2.75) is 23.8 Å². The van der Waals surface area contributed by atoms with Gasteiger partial charge < -0.3 is 0 Å². The topological polar surface area (TPSA) is 58.4 Å². The summed E-state index contributed by atoms with van der Waals surface area (Å²) in [5.74, 6) is 0. The number of piperazine rings is 1. The maximum Gasteiger partial charge on any atom is 0.246 e. The predicted molar refractivity (Wildman–Crippen MR) is 66.6 cm³/mol. The lowest BCUT2D eigenvalue weighted by atomic mass is 10.2. The van der Waals surface area contributed by atoms with E-state index < -0.39 is 10.0 Å². The Balaban J connectivity index is 1.82. The summed E-state index contributed by atoms with van der Waals surface area (Å²) in [4.78, 5) is 2.70. The van der Waals surface area contributed by atoms with Crippen LogP contribution in [0, 0.1) is 0 Å². The molecule has 6 nitrogen and oxygen atoms in total. The Morgan fingerprint density at radius 3 is 2.89 bits per heavy atom. The van der Waals surface area contributed by atoms with Crippen molar-refractivity contribution in [2.75, 3.05) is 26.2 Å². The SMILES string of the molecule is Cn1cc(S(=O)(=O)N2CCN3CCCC3C2)cn1. The van der Waals surface area contributed by atoms with Crippen LogP contribution < -0.4 is 0 Å². The van der Waals surface area contributed by atoms with Crippen molar-refractivity contribution < 1.29 is 8.42 Å². The van der Waals surface area contributed by atoms with Gasteiger partial charge in [0.05, 0.1) is 6.20 Å². The van der Waals surface area contributed by atoms with Crippen molar-refractivity contribution in [1.82, 2.24) is 19.0 Å². The average molecular weight is 270 g/mol. The third-order valence-corrected chi connectivity index (χ3v) is 5.69. The van der Waals surface area contributed by atoms with Crippen molar-refractivity contribution in [3.63, 3.8) is 0 Å². The quantitative estimate of drug-likeness (QED) is 0.752. The fraction of sp³-hybridized carbons (Fsp3) is 0.727. The molecule has 1 atom stereocenters. The Morgan fingerprint density at radius 2 is 2.17 bits per heavy atom. The Hall–Kier alpha value is -0.920. The second kappa shape index (κ2) is 4.32. The highest BCUT2D eigenvalue weighted by molar-refractivity contribution is 7.89. The fourth-order valence-corrected chi connectivity index (χ4v) is 4.32. The number of fused-ring (bicyclic) bond motifs is 1. The second-order valence-electron chi connectivity index (χ2n) is 5.04. The van der Waals surface area contributed by atoms with Crippen LogP contribution in [0.15, 0.2) is 17.3 Å². The van der Waals surface area contributed by atoms with E-state index in [2.05, 4.69) is 10.00 Å². The minimum Gasteiger partial charge on any atom is -0.298 e. The minimum absolute atomic E-state index is 0.302. The van der Waals surface area contributed by atoms with Gasteiger partial charge in [0.1, 0.15) is 4.90 Å². The minimum atomic E-state index is -3.36. The average Bonchev–Trinajstić information content (AvgIpc) is 2.96. The summed E-state index contributed by atoms with van der Waals surface area (Å²) in [6.45, 7) is 3.18. The van der Waals surface area contributed by atoms with Gasteiger partial charge in [-0.1, -0.05) is 0 Å². The first kappa shape index (κ1) is 12.1. The zero-order valence-corrected chi connectivity index (χ0v) is 11.3. The van der Waals surface area contributed by atoms with Crippen molar-refractivity contribution in [1.29, 1.82) is 0 Å². The van der Waals surface area contributed by atoms with E-state index in [-0.39, 0.29) is 0 Å². The molecule has 2 fully saturated rings. The van der Waals surface area contributed by atoms with Gasteiger partial charge in [-0.25, -0.2) is 8.42 Å². The number of sulfonamides is 1. The third kappa shape index (κ3) is 1.96. The van der Waals surface area contributed by atoms with Crippen molar-refractivity contribution >= 4 is 10.0 Å². The molecular weight excluding hydrogens is 252 g/mol. The molecule has 0 spiro atoms. The number of hydrogen-bond donors (Lipinski definition) is 0. The molecule has 0 aliphatic carbocycles. The van der Waals surface area contributed by atoms with Crippen LogP contribution in [-0.2, 0) is 17.1 Å². The van der Waals surface area contributed by atoms with E-state index in [4.69, 9.17) is 0 Å². The van der Waals surface area contributed by atoms with Crippen LogP contribution in [0.1, 0.15) is 12.8 Å². The van der Waals surface area contributed by atoms with Crippen LogP contribution in [0.3, 0.4) is 0 Å². The zero-order chi connectivity index (χ0) is 12.8. The van der Waals surface area contributed by atoms with Gasteiger partial charge in [-0.2, -0.15) is 9.40 Å². The van der Waals surface area contributed by atoms with Gasteiger partial charge in [0.25, 0.3) is 0 Å². The molecule has 0 saturated carbocycles. The van der Waals surface area contributed by atoms with Crippen LogP contribution >= 0.6 is 0 Å². The lowest BCUT2D eigenvalue weighted by Crippen LogP contribution is -2.51. The third-order valence-electron chi connectivity index (χ3n) is 3.87. The summed E-state index contributed by atoms with van der Waals surface area (Å²) in [5, 5.41) is 3.94. The summed E-state index contributed by atoms with van der Waals surface area (Å²) < 4.78 is 28.0. The van der Waals surface area contributed by atoms with E-state index >= 15 is 0 Å². The molecule has 0 bridgehead atoms. The van der Waals surface area contributed by atoms with E-state index in [1.807, 2.05) is 0 Å². The van der Waals surface area contributed by atoms with Crippen molar-refractivity contribution in [3.8, 4) is 0 Å². The van der Waals surface area contributed by atoms with Gasteiger partial charge in [-0.3, -0.25) is 9.58 Å². The molecule has 2 aliphatic rings. The normalized spacial score (nSPS) is 26.4. The number of aryl methyl sites for hydroxylation is 1. The maximum atomic E-state index is 12.4. The highest BCUT2D eigenvalue weighted by Gasteiger charge is 2.36. The highest BCUT2D eigenvalue weighted by atomic mass is 32.2. The molecule has 0 amide bonds. The van der Waals surface area contributed by atoms with Gasteiger partial charge in [-0.15, -0.1) is 0 Å². The molecule has 0 radical (unpaired) electrons. The summed E-state index contributed by atoms with van der Waals surface area (Å²) in [6.07, 6.45) is 5.29. The Kier molecular flexibility index (Phi) is 2.91. The first-order chi connectivity index (χ1) is 8.57. The molecule has 1 unspecified atom stereocenters. The van der Waals surface area contributed by atoms with Gasteiger partial charge in [0.2, 0.25) is 10.0 Å². The lowest BCUT2D eigenvalue weighted by Gasteiger charge is -2.36. The van der Waals surface area contributed by atoms with E-state index in [0.717, 1.165) is 19.5 Å². The molecule has 0 aromatic carbocycles. The van der Waals surface area contributed by atoms with Crippen LogP contribution in [0.4, 0.5) is 0 Å². The Bertz CT molecular complexity index is 539. The van der Waals surface area contributed by atoms with Crippen molar-refractivity contribution in [3.05, 3.63) is 12.4 Å². The molecule has 7 heteroatoms. The molecule has 1 aromatic heterocycles. The molecule has 18 heavy (non-hydrogen) atoms. The Labute approximate surface area is 107 Å². The van der Waals surface area contributed by atoms with E-state index in [1.165, 1.54) is 17.3 Å². The molecule has 2 aliphatic heterocycles. The molecule has 1 aromatic rings. The molecule has 3 rings (SSSR count). The van der Waals surface area contributed by atoms with E-state index in [9.17, 15) is 8.42 Å². The van der Waals surface area contributed by atoms with Crippen LogP contribution in [0.2, 0.25) is 0 Å². The summed E-state index contributed by atoms with van der Waals surface area (Å²) in [6, 6.07) is 0.408. The van der Waals surface area contributed by atoms with Crippen LogP contribution in [-0.4, -0.2) is 59.6 Å². The first-order valence-corrected chi connectivity index (χ1v) is 7.74. The Morgan fingerprint density at radius 1 is 1.33 bits per heavy atom. The second-order valence-corrected chi connectivity index (χ2v) is 6.98. The van der Waals surface area contributed by atoms with E-state index in [0.29, 0.717) is 24.0 Å². The van der Waals surface area contributed by atoms with Gasteiger partial charge in [0, 0.05) is 38.9 Å². The smallest absolute Gasteiger partial charge is 0.246 e. The number of hydrogen-bond acceptors (Lipinski definition) is 4. The molecule has 3 heterocycles. The van der Waals surface area contributed by atoms with Crippen LogP contribution in [0.25, 0.3) is 0 Å². The highest BCUT2D eigenvalue weighted by Crippen LogP contribution is 2.25. The number of nitrogens with zero attached hydrogens (tertiary/aromatic N) is 4. The summed E-state index contributed by atoms with van der Waals surface area (Å²) in [5.41, 5.74) is 0. The molecule has 100 valence electrons. The van der Waals surface area contributed by atoms with E-state index in [1.54, 1.807) is 17.5 Å². The van der Waals surface area contributed by atoms with Crippen LogP contribution in [0.5, 0.6) is 0 Å². The van der Waals surface area contributed by atoms with Gasteiger partial charge in [-0.05, 0) is 19.4 Å². The van der Waals surface area contributed by atoms with Crippen molar-refractivity contribution in [2.24, 2.45) is 7.05 Å². The summed E-state index contributed by atoms with van der Waals surface area (Å²) >= 11 is 0. The van der Waals surface area contributed by atoms with Gasteiger partial charge in [0.15, 0.2) is 0 Å². The van der Waals surface area contributed by atoms with Gasteiger partial charge >= 0.3 is 0 Å². The maximum absolute atomic E-state index is 12.4.